The van der Waals surface area contributed by atoms with Gasteiger partial charge in [-0.1, -0.05) is 30.3 Å². The second kappa shape index (κ2) is 5.64. The number of carboxylic acids is 1. The van der Waals surface area contributed by atoms with Gasteiger partial charge in [-0.25, -0.2) is 4.79 Å². The molecule has 0 saturated heterocycles. The maximum absolute atomic E-state index is 11.9. The van der Waals surface area contributed by atoms with E-state index in [1.165, 1.54) is 0 Å². The summed E-state index contributed by atoms with van der Waals surface area (Å²) in [5, 5.41) is 14.5. The Hall–Kier alpha value is -1.88. The fraction of sp³-hybridized carbons (Fsp3) is 0.385. The smallest absolute Gasteiger partial charge is 0.330 e. The number of nitrogens with one attached hydrogen (secondary N) is 2. The first-order valence-corrected chi connectivity index (χ1v) is 5.66. The van der Waals surface area contributed by atoms with Gasteiger partial charge in [0.2, 0.25) is 5.91 Å². The molecule has 5 nitrogen and oxygen atoms in total. The van der Waals surface area contributed by atoms with Crippen LogP contribution in [0.5, 0.6) is 0 Å². The molecule has 3 N–H and O–H groups in total. The molecule has 0 aromatic heterocycles. The maximum Gasteiger partial charge on any atom is 0.330 e. The van der Waals surface area contributed by atoms with Gasteiger partial charge in [-0.05, 0) is 26.5 Å². The third-order valence-electron chi connectivity index (χ3n) is 2.85. The lowest BCUT2D eigenvalue weighted by Crippen LogP contribution is -2.52. The van der Waals surface area contributed by atoms with E-state index in [0.717, 1.165) is 0 Å². The molecular weight excluding hydrogens is 232 g/mol. The van der Waals surface area contributed by atoms with Gasteiger partial charge in [-0.15, -0.1) is 0 Å². The zero-order valence-corrected chi connectivity index (χ0v) is 10.7. The Morgan fingerprint density at radius 1 is 1.22 bits per heavy atom. The number of amides is 1. The van der Waals surface area contributed by atoms with Crippen molar-refractivity contribution in [3.05, 3.63) is 35.9 Å². The highest BCUT2D eigenvalue weighted by Crippen LogP contribution is 2.14. The van der Waals surface area contributed by atoms with Gasteiger partial charge in [0.05, 0.1) is 5.54 Å². The number of carbonyl (C=O) groups is 2. The first kappa shape index (κ1) is 14.2. The SMILES string of the molecule is CNC(C)(C)C(=O)N[C@@H](C(=O)O)c1ccccc1. The Kier molecular flexibility index (Phi) is 4.44. The average Bonchev–Trinajstić information content (AvgIpc) is 2.36. The standard InChI is InChI=1S/C13H18N2O3/c1-13(2,14-3)12(18)15-10(11(16)17)9-7-5-4-6-8-9/h4-8,10,14H,1-3H3,(H,15,18)(H,16,17)/t10-/m1/s1. The third-order valence-corrected chi connectivity index (χ3v) is 2.85. The highest BCUT2D eigenvalue weighted by Gasteiger charge is 2.30. The van der Waals surface area contributed by atoms with Crippen LogP contribution in [0.2, 0.25) is 0 Å². The molecule has 1 aromatic carbocycles. The molecule has 1 rings (SSSR count). The van der Waals surface area contributed by atoms with E-state index in [2.05, 4.69) is 10.6 Å². The molecule has 0 heterocycles. The Balaban J connectivity index is 2.90. The molecule has 0 aliphatic rings. The van der Waals surface area contributed by atoms with Crippen molar-refractivity contribution in [2.24, 2.45) is 0 Å². The summed E-state index contributed by atoms with van der Waals surface area (Å²) in [5.41, 5.74) is -0.270. The molecule has 1 amide bonds. The quantitative estimate of drug-likeness (QED) is 0.726. The summed E-state index contributed by atoms with van der Waals surface area (Å²) in [5.74, 6) is -1.44. The summed E-state index contributed by atoms with van der Waals surface area (Å²) in [6.07, 6.45) is 0. The molecule has 0 aliphatic heterocycles. The minimum atomic E-state index is -1.08. The van der Waals surface area contributed by atoms with Gasteiger partial charge in [-0.3, -0.25) is 4.79 Å². The van der Waals surface area contributed by atoms with Gasteiger partial charge in [0.25, 0.3) is 0 Å². The number of hydrogen-bond donors (Lipinski definition) is 3. The number of hydrogen-bond acceptors (Lipinski definition) is 3. The highest BCUT2D eigenvalue weighted by atomic mass is 16.4. The second-order valence-corrected chi connectivity index (χ2v) is 4.53. The molecule has 1 atom stereocenters. The molecule has 18 heavy (non-hydrogen) atoms. The lowest BCUT2D eigenvalue weighted by atomic mass is 10.0. The summed E-state index contributed by atoms with van der Waals surface area (Å²) in [7, 11) is 1.65. The monoisotopic (exact) mass is 250 g/mol. The third kappa shape index (κ3) is 3.30. The largest absolute Gasteiger partial charge is 0.479 e. The molecule has 0 saturated carbocycles. The number of likely N-dealkylation sites (N-methyl/N-ethyl adjacent to an activating group) is 1. The number of benzene rings is 1. The molecule has 0 radical (unpaired) electrons. The second-order valence-electron chi connectivity index (χ2n) is 4.53. The number of carbonyl (C=O) groups excluding carboxylic acids is 1. The predicted molar refractivity (Wildman–Crippen MR) is 68.1 cm³/mol. The molecular formula is C13H18N2O3. The van der Waals surface area contributed by atoms with Crippen molar-refractivity contribution < 1.29 is 14.7 Å². The molecule has 0 fully saturated rings. The zero-order chi connectivity index (χ0) is 13.8. The van der Waals surface area contributed by atoms with Crippen molar-refractivity contribution in [1.82, 2.24) is 10.6 Å². The maximum atomic E-state index is 11.9. The van der Waals surface area contributed by atoms with Crippen LogP contribution in [0.1, 0.15) is 25.5 Å². The van der Waals surface area contributed by atoms with Crippen LogP contribution < -0.4 is 10.6 Å². The van der Waals surface area contributed by atoms with Gasteiger partial charge in [0.15, 0.2) is 6.04 Å². The van der Waals surface area contributed by atoms with E-state index in [0.29, 0.717) is 5.56 Å². The van der Waals surface area contributed by atoms with E-state index in [9.17, 15) is 14.7 Å². The van der Waals surface area contributed by atoms with E-state index in [-0.39, 0.29) is 5.91 Å². The molecule has 0 bridgehead atoms. The number of rotatable bonds is 5. The summed E-state index contributed by atoms with van der Waals surface area (Å²) >= 11 is 0. The first-order chi connectivity index (χ1) is 8.38. The van der Waals surface area contributed by atoms with Crippen LogP contribution in [0, 0.1) is 0 Å². The van der Waals surface area contributed by atoms with Crippen molar-refractivity contribution in [2.45, 2.75) is 25.4 Å². The minimum Gasteiger partial charge on any atom is -0.479 e. The average molecular weight is 250 g/mol. The first-order valence-electron chi connectivity index (χ1n) is 5.66. The van der Waals surface area contributed by atoms with Crippen molar-refractivity contribution in [3.63, 3.8) is 0 Å². The molecule has 0 aliphatic carbocycles. The van der Waals surface area contributed by atoms with Crippen molar-refractivity contribution in [3.8, 4) is 0 Å². The van der Waals surface area contributed by atoms with Gasteiger partial charge in [0, 0.05) is 0 Å². The van der Waals surface area contributed by atoms with Crippen LogP contribution in [-0.2, 0) is 9.59 Å². The Labute approximate surface area is 106 Å². The summed E-state index contributed by atoms with van der Waals surface area (Å²) in [6.45, 7) is 3.37. The van der Waals surface area contributed by atoms with Crippen LogP contribution in [0.25, 0.3) is 0 Å². The highest BCUT2D eigenvalue weighted by molar-refractivity contribution is 5.90. The Bertz CT molecular complexity index is 429. The normalized spacial score (nSPS) is 12.8. The van der Waals surface area contributed by atoms with Gasteiger partial charge < -0.3 is 15.7 Å². The minimum absolute atomic E-state index is 0.360. The van der Waals surface area contributed by atoms with Gasteiger partial charge >= 0.3 is 5.97 Å². The summed E-state index contributed by atoms with van der Waals surface area (Å²) in [4.78, 5) is 23.2. The van der Waals surface area contributed by atoms with E-state index in [4.69, 9.17) is 0 Å². The van der Waals surface area contributed by atoms with Gasteiger partial charge in [-0.2, -0.15) is 0 Å². The van der Waals surface area contributed by atoms with Crippen molar-refractivity contribution >= 4 is 11.9 Å². The fourth-order valence-electron chi connectivity index (χ4n) is 1.36. The zero-order valence-electron chi connectivity index (χ0n) is 10.7. The van der Waals surface area contributed by atoms with E-state index in [1.54, 1.807) is 51.2 Å². The molecule has 1 aromatic rings. The van der Waals surface area contributed by atoms with Crippen LogP contribution in [0.15, 0.2) is 30.3 Å². The number of carboxylic acid groups (broad SMARTS) is 1. The molecule has 5 heteroatoms. The molecule has 98 valence electrons. The van der Waals surface area contributed by atoms with E-state index >= 15 is 0 Å². The van der Waals surface area contributed by atoms with Crippen LogP contribution in [0.3, 0.4) is 0 Å². The van der Waals surface area contributed by atoms with Crippen LogP contribution >= 0.6 is 0 Å². The number of aliphatic carboxylic acids is 1. The molecule has 0 spiro atoms. The van der Waals surface area contributed by atoms with Crippen LogP contribution in [0.4, 0.5) is 0 Å². The van der Waals surface area contributed by atoms with Crippen molar-refractivity contribution in [1.29, 1.82) is 0 Å². The topological polar surface area (TPSA) is 78.4 Å². The van der Waals surface area contributed by atoms with E-state index in [1.807, 2.05) is 0 Å². The summed E-state index contributed by atoms with van der Waals surface area (Å²) < 4.78 is 0. The van der Waals surface area contributed by atoms with Crippen LogP contribution in [-0.4, -0.2) is 29.6 Å². The lowest BCUT2D eigenvalue weighted by Gasteiger charge is -2.25. The predicted octanol–water partition coefficient (Wildman–Crippen LogP) is 0.926. The lowest BCUT2D eigenvalue weighted by molar-refractivity contribution is -0.142. The van der Waals surface area contributed by atoms with Gasteiger partial charge in [0.1, 0.15) is 0 Å². The molecule has 0 unspecified atom stereocenters. The Morgan fingerprint density at radius 3 is 2.22 bits per heavy atom. The van der Waals surface area contributed by atoms with E-state index < -0.39 is 17.6 Å². The fourth-order valence-corrected chi connectivity index (χ4v) is 1.36. The summed E-state index contributed by atoms with van der Waals surface area (Å²) in [6, 6.07) is 7.58. The van der Waals surface area contributed by atoms with Crippen molar-refractivity contribution in [2.75, 3.05) is 7.05 Å². The Morgan fingerprint density at radius 2 is 1.78 bits per heavy atom.